The molecule has 0 aliphatic heterocycles. The van der Waals surface area contributed by atoms with Gasteiger partial charge in [-0.15, -0.1) is 0 Å². The second-order valence-corrected chi connectivity index (χ2v) is 4.31. The van der Waals surface area contributed by atoms with Gasteiger partial charge in [-0.3, -0.25) is 9.78 Å². The minimum absolute atomic E-state index is 0.0630. The first-order valence-corrected chi connectivity index (χ1v) is 5.94. The average Bonchev–Trinajstić information content (AvgIpc) is 2.73. The Morgan fingerprint density at radius 1 is 1.62 bits per heavy atom. The van der Waals surface area contributed by atoms with Crippen LogP contribution in [-0.4, -0.2) is 24.4 Å². The van der Waals surface area contributed by atoms with E-state index in [0.29, 0.717) is 12.2 Å². The normalized spacial score (nSPS) is 18.4. The molecule has 1 aromatic heterocycles. The molecule has 1 aliphatic rings. The number of ketones is 1. The van der Waals surface area contributed by atoms with Crippen molar-refractivity contribution < 1.29 is 4.79 Å². The number of pyridine rings is 1. The van der Waals surface area contributed by atoms with Crippen molar-refractivity contribution in [2.45, 2.75) is 31.6 Å². The predicted molar refractivity (Wildman–Crippen MR) is 63.5 cm³/mol. The zero-order valence-electron chi connectivity index (χ0n) is 9.70. The van der Waals surface area contributed by atoms with Crippen LogP contribution >= 0.6 is 0 Å². The number of hydrogen-bond donors (Lipinski definition) is 1. The van der Waals surface area contributed by atoms with Crippen molar-refractivity contribution >= 4 is 5.78 Å². The Bertz CT molecular complexity index is 376. The highest BCUT2D eigenvalue weighted by molar-refractivity contribution is 5.86. The topological polar surface area (TPSA) is 42.0 Å². The second-order valence-electron chi connectivity index (χ2n) is 4.31. The number of carbonyl (C=O) groups excluding carboxylic acids is 1. The zero-order chi connectivity index (χ0) is 11.4. The molecule has 1 unspecified atom stereocenters. The van der Waals surface area contributed by atoms with E-state index in [9.17, 15) is 4.79 Å². The van der Waals surface area contributed by atoms with E-state index in [1.807, 2.05) is 13.1 Å². The summed E-state index contributed by atoms with van der Waals surface area (Å²) < 4.78 is 0. The van der Waals surface area contributed by atoms with Gasteiger partial charge in [0, 0.05) is 12.6 Å². The van der Waals surface area contributed by atoms with Crippen molar-refractivity contribution in [1.29, 1.82) is 0 Å². The fraction of sp³-hybridized carbons (Fsp3) is 0.538. The van der Waals surface area contributed by atoms with Crippen LogP contribution in [-0.2, 0) is 11.2 Å². The molecule has 3 nitrogen and oxygen atoms in total. The first-order valence-electron chi connectivity index (χ1n) is 5.94. The van der Waals surface area contributed by atoms with Crippen molar-refractivity contribution in [2.75, 3.05) is 13.6 Å². The molecule has 16 heavy (non-hydrogen) atoms. The number of nitrogens with zero attached hydrogens (tertiary/aromatic N) is 1. The molecule has 1 atom stereocenters. The summed E-state index contributed by atoms with van der Waals surface area (Å²) in [7, 11) is 1.91. The number of nitrogens with one attached hydrogen (secondary N) is 1. The highest BCUT2D eigenvalue weighted by Crippen LogP contribution is 2.32. The third kappa shape index (κ3) is 2.30. The van der Waals surface area contributed by atoms with Gasteiger partial charge < -0.3 is 5.32 Å². The van der Waals surface area contributed by atoms with E-state index in [4.69, 9.17) is 0 Å². The Labute approximate surface area is 96.3 Å². The van der Waals surface area contributed by atoms with Crippen LogP contribution in [0.3, 0.4) is 0 Å². The summed E-state index contributed by atoms with van der Waals surface area (Å²) in [6.45, 7) is 0.910. The molecule has 0 fully saturated rings. The summed E-state index contributed by atoms with van der Waals surface area (Å²) in [6, 6.07) is 4.04. The highest BCUT2D eigenvalue weighted by atomic mass is 16.1. The molecule has 1 aliphatic carbocycles. The molecule has 0 spiro atoms. The van der Waals surface area contributed by atoms with Crippen LogP contribution < -0.4 is 5.32 Å². The summed E-state index contributed by atoms with van der Waals surface area (Å²) in [6.07, 6.45) is 5.34. The smallest absolute Gasteiger partial charge is 0.141 e. The number of fused-ring (bicyclic) bond motifs is 1. The third-order valence-electron chi connectivity index (χ3n) is 3.20. The number of carbonyl (C=O) groups is 1. The fourth-order valence-corrected chi connectivity index (χ4v) is 2.34. The van der Waals surface area contributed by atoms with Gasteiger partial charge in [-0.25, -0.2) is 0 Å². The molecule has 0 aromatic carbocycles. The van der Waals surface area contributed by atoms with E-state index in [2.05, 4.69) is 16.4 Å². The third-order valence-corrected chi connectivity index (χ3v) is 3.20. The van der Waals surface area contributed by atoms with Crippen LogP contribution in [0.25, 0.3) is 0 Å². The molecule has 0 saturated carbocycles. The summed E-state index contributed by atoms with van der Waals surface area (Å²) >= 11 is 0. The first kappa shape index (κ1) is 11.3. The number of Topliss-reactive ketones (excluding diaryl/α,β-unsaturated/α-hetero) is 1. The summed E-state index contributed by atoms with van der Waals surface area (Å²) in [5, 5.41) is 3.06. The molecule has 1 aromatic rings. The highest BCUT2D eigenvalue weighted by Gasteiger charge is 2.28. The molecule has 1 N–H and O–H groups in total. The molecule has 1 heterocycles. The van der Waals surface area contributed by atoms with Gasteiger partial charge in [0.2, 0.25) is 0 Å². The fourth-order valence-electron chi connectivity index (χ4n) is 2.34. The van der Waals surface area contributed by atoms with E-state index < -0.39 is 0 Å². The maximum atomic E-state index is 12.0. The molecule has 0 amide bonds. The molecule has 0 radical (unpaired) electrons. The van der Waals surface area contributed by atoms with Crippen molar-refractivity contribution in [2.24, 2.45) is 0 Å². The lowest BCUT2D eigenvalue weighted by Crippen LogP contribution is -2.14. The Balaban J connectivity index is 1.99. The van der Waals surface area contributed by atoms with Gasteiger partial charge in [0.05, 0.1) is 11.6 Å². The lowest BCUT2D eigenvalue weighted by molar-refractivity contribution is -0.120. The van der Waals surface area contributed by atoms with Crippen molar-refractivity contribution in [3.05, 3.63) is 29.6 Å². The molecule has 0 saturated heterocycles. The van der Waals surface area contributed by atoms with Gasteiger partial charge >= 0.3 is 0 Å². The van der Waals surface area contributed by atoms with Crippen molar-refractivity contribution in [3.8, 4) is 0 Å². The summed E-state index contributed by atoms with van der Waals surface area (Å²) in [5.74, 6) is 0.417. The van der Waals surface area contributed by atoms with Crippen molar-refractivity contribution in [1.82, 2.24) is 10.3 Å². The van der Waals surface area contributed by atoms with E-state index in [1.165, 1.54) is 5.56 Å². The van der Waals surface area contributed by atoms with E-state index >= 15 is 0 Å². The van der Waals surface area contributed by atoms with Crippen LogP contribution in [0.4, 0.5) is 0 Å². The predicted octanol–water partition coefficient (Wildman–Crippen LogP) is 1.68. The summed E-state index contributed by atoms with van der Waals surface area (Å²) in [5.41, 5.74) is 2.28. The van der Waals surface area contributed by atoms with Gasteiger partial charge in [-0.05, 0) is 44.5 Å². The number of hydrogen-bond acceptors (Lipinski definition) is 3. The summed E-state index contributed by atoms with van der Waals surface area (Å²) in [4.78, 5) is 16.4. The largest absolute Gasteiger partial charge is 0.320 e. The minimum Gasteiger partial charge on any atom is -0.320 e. The lowest BCUT2D eigenvalue weighted by atomic mass is 9.97. The zero-order valence-corrected chi connectivity index (χ0v) is 9.70. The molecular weight excluding hydrogens is 200 g/mol. The van der Waals surface area contributed by atoms with Crippen LogP contribution in [0, 0.1) is 0 Å². The molecule has 2 rings (SSSR count). The Hall–Kier alpha value is -1.22. The quantitative estimate of drug-likeness (QED) is 0.765. The van der Waals surface area contributed by atoms with Crippen LogP contribution in [0.15, 0.2) is 18.3 Å². The average molecular weight is 218 g/mol. The van der Waals surface area contributed by atoms with Crippen LogP contribution in [0.5, 0.6) is 0 Å². The second kappa shape index (κ2) is 5.21. The molecular formula is C13H18N2O. The molecule has 0 bridgehead atoms. The molecule has 3 heteroatoms. The first-order chi connectivity index (χ1) is 7.83. The van der Waals surface area contributed by atoms with Crippen molar-refractivity contribution in [3.63, 3.8) is 0 Å². The Morgan fingerprint density at radius 3 is 3.31 bits per heavy atom. The maximum Gasteiger partial charge on any atom is 0.141 e. The van der Waals surface area contributed by atoms with Gasteiger partial charge in [-0.2, -0.15) is 0 Å². The van der Waals surface area contributed by atoms with Gasteiger partial charge in [0.25, 0.3) is 0 Å². The number of aryl methyl sites for hydroxylation is 1. The minimum atomic E-state index is 0.0630. The lowest BCUT2D eigenvalue weighted by Gasteiger charge is -2.09. The van der Waals surface area contributed by atoms with Gasteiger partial charge in [0.15, 0.2) is 0 Å². The van der Waals surface area contributed by atoms with E-state index in [1.54, 1.807) is 6.20 Å². The SMILES string of the molecule is CNCCCC(=O)C1CCc2cccnc21. The maximum absolute atomic E-state index is 12.0. The molecule has 86 valence electrons. The van der Waals surface area contributed by atoms with Gasteiger partial charge in [0.1, 0.15) is 5.78 Å². The Kier molecular flexibility index (Phi) is 3.67. The van der Waals surface area contributed by atoms with Crippen LogP contribution in [0.2, 0.25) is 0 Å². The van der Waals surface area contributed by atoms with Gasteiger partial charge in [-0.1, -0.05) is 6.07 Å². The van der Waals surface area contributed by atoms with Crippen LogP contribution in [0.1, 0.15) is 36.4 Å². The Morgan fingerprint density at radius 2 is 2.50 bits per heavy atom. The monoisotopic (exact) mass is 218 g/mol. The van der Waals surface area contributed by atoms with E-state index in [-0.39, 0.29) is 5.92 Å². The number of rotatable bonds is 5. The standard InChI is InChI=1S/C13H18N2O/c1-14-8-3-5-12(16)11-7-6-10-4-2-9-15-13(10)11/h2,4,9,11,14H,3,5-8H2,1H3. The van der Waals surface area contributed by atoms with E-state index in [0.717, 1.165) is 31.5 Å². The number of aromatic nitrogens is 1.